The van der Waals surface area contributed by atoms with Gasteiger partial charge in [0.05, 0.1) is 38.7 Å². The Labute approximate surface area is 453 Å². The number of nitrogens with zero attached hydrogens (tertiary/aromatic N) is 6. The van der Waals surface area contributed by atoms with Crippen molar-refractivity contribution in [2.75, 3.05) is 23.4 Å². The van der Waals surface area contributed by atoms with Crippen LogP contribution in [-0.2, 0) is 78.2 Å². The smallest absolute Gasteiger partial charge is 0.368 e. The first kappa shape index (κ1) is 63.9. The fourth-order valence-corrected chi connectivity index (χ4v) is 12.5. The van der Waals surface area contributed by atoms with Crippen molar-refractivity contribution >= 4 is 75.3 Å². The molecule has 36 heteroatoms. The number of sulfonamides is 1. The quantitative estimate of drug-likeness (QED) is 0.0230. The molecule has 0 unspecified atom stereocenters. The molecule has 21 nitrogen and oxygen atoms in total. The molecule has 0 bridgehead atoms. The zero-order valence-electron chi connectivity index (χ0n) is 42.1. The number of aromatic nitrogens is 5. The van der Waals surface area contributed by atoms with Crippen molar-refractivity contribution in [2.45, 2.75) is 107 Å². The number of urea groups is 1. The fraction of sp³-hybridized carbons (Fsp3) is 0.477. The standard InChI is InChI=1S/C44H49ClF10N8O13P2S2/c1-22-15-29-36(44(53,54)55)59-61(37(29)43(22,51)52)20-32(64)58-31(18-23-16-24(46)19-25(47)17-23)34-27(8-7-26(57-34)11-13-40(2,3)79(4,73)74)28-9-10-30(45)33-35(28)62(21-41(48,49)50)60-38(33)63(80(5,75)76)39(65)56-14-6-12-42(66,77(67,68)69)78(70,71)72/h7-10,16-17,19,22,31,66H,6,11-15,18,20-21H2,1-5H3,(H,56,65)(H,58,64)(H2,67,68,69)(H2,70,71,72)/t22-,31+/m1/s1. The molecule has 3 heterocycles. The van der Waals surface area contributed by atoms with Gasteiger partial charge in [-0.2, -0.15) is 49.6 Å². The number of benzene rings is 2. The van der Waals surface area contributed by atoms with E-state index >= 15 is 8.78 Å². The highest BCUT2D eigenvalue weighted by Gasteiger charge is 2.59. The summed E-state index contributed by atoms with van der Waals surface area (Å²) >= 11 is 6.61. The van der Waals surface area contributed by atoms with E-state index in [2.05, 4.69) is 20.5 Å². The van der Waals surface area contributed by atoms with E-state index in [0.717, 1.165) is 43.5 Å². The lowest BCUT2D eigenvalue weighted by Crippen LogP contribution is -2.44. The molecule has 7 N–H and O–H groups in total. The van der Waals surface area contributed by atoms with E-state index in [4.69, 9.17) is 11.6 Å². The molecule has 1 aliphatic rings. The maximum atomic E-state index is 15.6. The maximum absolute atomic E-state index is 15.6. The van der Waals surface area contributed by atoms with E-state index in [1.807, 2.05) is 5.32 Å². The first-order valence-corrected chi connectivity index (χ1v) is 30.5. The zero-order valence-corrected chi connectivity index (χ0v) is 46.3. The van der Waals surface area contributed by atoms with Gasteiger partial charge in [-0.25, -0.2) is 30.4 Å². The Kier molecular flexibility index (Phi) is 17.7. The van der Waals surface area contributed by atoms with E-state index in [-0.39, 0.29) is 43.3 Å². The normalized spacial score (nSPS) is 16.0. The zero-order chi connectivity index (χ0) is 60.5. The number of carbonyl (C=O) groups excluding carboxylic acids is 2. The summed E-state index contributed by atoms with van der Waals surface area (Å²) in [5.74, 6) is -10.6. The Morgan fingerprint density at radius 1 is 0.900 bits per heavy atom. The highest BCUT2D eigenvalue weighted by molar-refractivity contribution is 7.93. The first-order chi connectivity index (χ1) is 36.3. The molecule has 0 fully saturated rings. The van der Waals surface area contributed by atoms with Crippen molar-refractivity contribution < 1.29 is 104 Å². The van der Waals surface area contributed by atoms with Crippen LogP contribution >= 0.6 is 26.8 Å². The summed E-state index contributed by atoms with van der Waals surface area (Å²) in [5.41, 5.74) is -6.26. The summed E-state index contributed by atoms with van der Waals surface area (Å²) in [5, 5.41) is 16.4. The van der Waals surface area contributed by atoms with Gasteiger partial charge >= 0.3 is 33.6 Å². The van der Waals surface area contributed by atoms with Crippen LogP contribution in [0, 0.1) is 17.6 Å². The third-order valence-corrected chi connectivity index (χ3v) is 20.5. The molecule has 2 atom stereocenters. The van der Waals surface area contributed by atoms with Crippen molar-refractivity contribution in [3.05, 3.63) is 93.0 Å². The topological polar surface area (TPSA) is 314 Å². The molecule has 6 rings (SSSR count). The first-order valence-electron chi connectivity index (χ1n) is 23.2. The molecule has 0 radical (unpaired) electrons. The number of hydrogen-bond donors (Lipinski definition) is 7. The van der Waals surface area contributed by atoms with Crippen LogP contribution in [0.3, 0.4) is 0 Å². The number of hydrogen-bond acceptors (Lipinski definition) is 12. The second kappa shape index (κ2) is 22.2. The molecule has 0 spiro atoms. The van der Waals surface area contributed by atoms with E-state index < -0.39 is 194 Å². The van der Waals surface area contributed by atoms with Gasteiger partial charge in [0.1, 0.15) is 30.4 Å². The third-order valence-electron chi connectivity index (χ3n) is 13.1. The molecule has 0 saturated heterocycles. The van der Waals surface area contributed by atoms with Crippen LogP contribution in [0.25, 0.3) is 22.0 Å². The molecule has 3 amide bonds. The predicted octanol–water partition coefficient (Wildman–Crippen LogP) is 7.20. The summed E-state index contributed by atoms with van der Waals surface area (Å²) in [6, 6.07) is 2.75. The number of rotatable bonds is 20. The van der Waals surface area contributed by atoms with E-state index in [9.17, 15) is 95.4 Å². The Morgan fingerprint density at radius 2 is 1.49 bits per heavy atom. The number of aryl methyl sites for hydroxylation is 1. The average molecular weight is 1250 g/mol. The number of amides is 3. The fourth-order valence-electron chi connectivity index (χ4n) is 8.76. The van der Waals surface area contributed by atoms with Crippen LogP contribution in [0.4, 0.5) is 54.5 Å². The third kappa shape index (κ3) is 13.5. The van der Waals surface area contributed by atoms with Gasteiger partial charge in [-0.15, -0.1) is 0 Å². The number of pyridine rings is 1. The molecule has 0 saturated carbocycles. The number of nitrogens with one attached hydrogen (secondary N) is 2. The lowest BCUT2D eigenvalue weighted by atomic mass is 9.93. The highest BCUT2D eigenvalue weighted by atomic mass is 35.5. The molecular formula is C44H49ClF10N8O13P2S2. The van der Waals surface area contributed by atoms with Crippen LogP contribution in [-0.4, -0.2) is 113 Å². The van der Waals surface area contributed by atoms with E-state index in [1.54, 1.807) is 0 Å². The molecule has 1 aliphatic carbocycles. The van der Waals surface area contributed by atoms with E-state index in [1.165, 1.54) is 19.9 Å². The Bertz CT molecular complexity index is 3550. The summed E-state index contributed by atoms with van der Waals surface area (Å²) in [4.78, 5) is 70.7. The minimum atomic E-state index is -6.02. The second-order valence-electron chi connectivity index (χ2n) is 19.6. The number of halogens is 11. The SMILES string of the molecule is C[C@@H]1Cc2c(C(F)(F)F)nn(CC(=O)N[C@@H](Cc3cc(F)cc(F)c3)c3nc(CCC(C)(C)S(C)(=O)=O)ccc3-c3ccc(Cl)c4c(N(C(=O)NCCCC(O)(P(=O)(O)O)P(=O)(O)O)S(C)(=O)=O)nn(CC(F)(F)F)c34)c2C1(F)F. The van der Waals surface area contributed by atoms with Crippen molar-refractivity contribution in [3.8, 4) is 11.1 Å². The Morgan fingerprint density at radius 3 is 2.02 bits per heavy atom. The number of sulfone groups is 1. The van der Waals surface area contributed by atoms with Gasteiger partial charge in [0.15, 0.2) is 21.3 Å². The molecule has 5 aromatic rings. The number of fused-ring (bicyclic) bond motifs is 2. The highest BCUT2D eigenvalue weighted by Crippen LogP contribution is 2.69. The summed E-state index contributed by atoms with van der Waals surface area (Å²) in [7, 11) is -20.9. The molecule has 442 valence electrons. The predicted molar refractivity (Wildman–Crippen MR) is 265 cm³/mol. The van der Waals surface area contributed by atoms with Crippen molar-refractivity contribution in [3.63, 3.8) is 0 Å². The van der Waals surface area contributed by atoms with Gasteiger partial charge in [0.2, 0.25) is 15.9 Å². The van der Waals surface area contributed by atoms with Gasteiger partial charge in [-0.3, -0.25) is 28.3 Å². The lowest BCUT2D eigenvalue weighted by molar-refractivity contribution is -0.143. The van der Waals surface area contributed by atoms with Crippen LogP contribution in [0.15, 0.2) is 42.5 Å². The van der Waals surface area contributed by atoms with Gasteiger partial charge in [0, 0.05) is 53.6 Å². The number of anilines is 1. The number of carbonyl (C=O) groups is 2. The molecule has 80 heavy (non-hydrogen) atoms. The van der Waals surface area contributed by atoms with Crippen LogP contribution in [0.1, 0.15) is 80.0 Å². The van der Waals surface area contributed by atoms with Crippen LogP contribution in [0.2, 0.25) is 5.02 Å². The maximum Gasteiger partial charge on any atom is 0.435 e. The van der Waals surface area contributed by atoms with Crippen molar-refractivity contribution in [1.29, 1.82) is 0 Å². The number of alkyl halides is 8. The average Bonchev–Trinajstić information content (AvgIpc) is 3.90. The molecule has 0 aliphatic heterocycles. The van der Waals surface area contributed by atoms with Gasteiger partial charge in [0.25, 0.3) is 11.0 Å². The van der Waals surface area contributed by atoms with E-state index in [0.29, 0.717) is 12.3 Å². The Balaban J connectivity index is 1.58. The van der Waals surface area contributed by atoms with Gasteiger partial charge in [-0.1, -0.05) is 30.7 Å². The minimum absolute atomic E-state index is 0.0341. The monoisotopic (exact) mass is 1250 g/mol. The molecule has 3 aromatic heterocycles. The van der Waals surface area contributed by atoms with Crippen LogP contribution < -0.4 is 14.9 Å². The second-order valence-corrected chi connectivity index (χ2v) is 28.5. The summed E-state index contributed by atoms with van der Waals surface area (Å²) in [6.45, 7) is -0.739. The Hall–Kier alpha value is -5.24. The lowest BCUT2D eigenvalue weighted by Gasteiger charge is -2.29. The largest absolute Gasteiger partial charge is 0.435 e. The summed E-state index contributed by atoms with van der Waals surface area (Å²) < 4.78 is 222. The van der Waals surface area contributed by atoms with Crippen molar-refractivity contribution in [1.82, 2.24) is 35.2 Å². The molecule has 2 aromatic carbocycles. The van der Waals surface area contributed by atoms with Gasteiger partial charge in [-0.05, 0) is 75.8 Å². The molecular weight excluding hydrogens is 1200 g/mol. The minimum Gasteiger partial charge on any atom is -0.368 e. The van der Waals surface area contributed by atoms with Crippen LogP contribution in [0.5, 0.6) is 0 Å². The van der Waals surface area contributed by atoms with Crippen molar-refractivity contribution in [2.24, 2.45) is 5.92 Å². The number of aliphatic hydroxyl groups is 1. The van der Waals surface area contributed by atoms with Gasteiger partial charge < -0.3 is 35.3 Å². The summed E-state index contributed by atoms with van der Waals surface area (Å²) in [6.07, 6.45) is -13.5.